The van der Waals surface area contributed by atoms with Gasteiger partial charge in [0.1, 0.15) is 5.65 Å². The normalized spacial score (nSPS) is 18.2. The van der Waals surface area contributed by atoms with Crippen LogP contribution in [0.4, 0.5) is 5.69 Å². The van der Waals surface area contributed by atoms with E-state index in [4.69, 9.17) is 9.72 Å². The first-order chi connectivity index (χ1) is 10.8. The summed E-state index contributed by atoms with van der Waals surface area (Å²) in [5.41, 5.74) is 4.36. The number of benzene rings is 1. The molecule has 1 atom stereocenters. The van der Waals surface area contributed by atoms with E-state index in [1.165, 1.54) is 5.69 Å². The largest absolute Gasteiger partial charge is 0.380 e. The number of rotatable bonds is 3. The number of aromatic nitrogens is 2. The van der Waals surface area contributed by atoms with Crippen molar-refractivity contribution in [2.75, 3.05) is 25.1 Å². The van der Waals surface area contributed by atoms with Crippen LogP contribution in [0.5, 0.6) is 0 Å². The molecule has 3 heterocycles. The zero-order chi connectivity index (χ0) is 14.9. The third-order valence-electron chi connectivity index (χ3n) is 4.36. The number of hydrogen-bond acceptors (Lipinski definition) is 3. The summed E-state index contributed by atoms with van der Waals surface area (Å²) in [6, 6.07) is 14.6. The van der Waals surface area contributed by atoms with Gasteiger partial charge in [-0.3, -0.25) is 0 Å². The van der Waals surface area contributed by atoms with Crippen molar-refractivity contribution in [2.45, 2.75) is 12.5 Å². The summed E-state index contributed by atoms with van der Waals surface area (Å²) in [5.74, 6) is 0. The van der Waals surface area contributed by atoms with Gasteiger partial charge < -0.3 is 14.0 Å². The third kappa shape index (κ3) is 2.35. The van der Waals surface area contributed by atoms with Crippen LogP contribution in [-0.2, 0) is 4.74 Å². The van der Waals surface area contributed by atoms with Crippen LogP contribution >= 0.6 is 0 Å². The van der Waals surface area contributed by atoms with Gasteiger partial charge in [0.15, 0.2) is 0 Å². The summed E-state index contributed by atoms with van der Waals surface area (Å²) < 4.78 is 7.53. The minimum Gasteiger partial charge on any atom is -0.380 e. The Morgan fingerprint density at radius 2 is 2.05 bits per heavy atom. The predicted octanol–water partition coefficient (Wildman–Crippen LogP) is 3.23. The van der Waals surface area contributed by atoms with E-state index in [-0.39, 0.29) is 0 Å². The molecule has 4 heteroatoms. The molecular formula is C18H19N3O. The van der Waals surface area contributed by atoms with Crippen LogP contribution in [0.1, 0.15) is 6.42 Å². The van der Waals surface area contributed by atoms with Gasteiger partial charge in [0.05, 0.1) is 11.8 Å². The van der Waals surface area contributed by atoms with Crippen LogP contribution in [0.25, 0.3) is 16.9 Å². The van der Waals surface area contributed by atoms with Gasteiger partial charge in [0.2, 0.25) is 0 Å². The lowest BCUT2D eigenvalue weighted by atomic mass is 10.2. The second-order valence-corrected chi connectivity index (χ2v) is 5.73. The Morgan fingerprint density at radius 3 is 2.82 bits per heavy atom. The number of anilines is 1. The van der Waals surface area contributed by atoms with E-state index in [0.29, 0.717) is 6.10 Å². The molecular weight excluding hydrogens is 274 g/mol. The smallest absolute Gasteiger partial charge is 0.139 e. The first-order valence-corrected chi connectivity index (χ1v) is 7.65. The Labute approximate surface area is 130 Å². The number of methoxy groups -OCH3 is 1. The second kappa shape index (κ2) is 5.46. The Kier molecular flexibility index (Phi) is 3.31. The predicted molar refractivity (Wildman–Crippen MR) is 88.3 cm³/mol. The molecule has 0 spiro atoms. The van der Waals surface area contributed by atoms with E-state index < -0.39 is 0 Å². The Hall–Kier alpha value is -2.33. The fourth-order valence-corrected chi connectivity index (χ4v) is 3.07. The molecule has 1 unspecified atom stereocenters. The molecule has 22 heavy (non-hydrogen) atoms. The molecule has 3 aromatic rings. The topological polar surface area (TPSA) is 29.8 Å². The third-order valence-corrected chi connectivity index (χ3v) is 4.36. The number of fused-ring (bicyclic) bond motifs is 1. The highest BCUT2D eigenvalue weighted by Gasteiger charge is 2.22. The summed E-state index contributed by atoms with van der Waals surface area (Å²) in [4.78, 5) is 7.13. The number of hydrogen-bond donors (Lipinski definition) is 0. The first kappa shape index (κ1) is 13.3. The highest BCUT2D eigenvalue weighted by atomic mass is 16.5. The van der Waals surface area contributed by atoms with E-state index in [2.05, 4.69) is 46.0 Å². The molecule has 1 saturated heterocycles. The van der Waals surface area contributed by atoms with Crippen LogP contribution in [0.3, 0.4) is 0 Å². The average Bonchev–Trinajstić information content (AvgIpc) is 3.21. The van der Waals surface area contributed by atoms with Gasteiger partial charge in [-0.1, -0.05) is 30.3 Å². The maximum atomic E-state index is 5.45. The van der Waals surface area contributed by atoms with E-state index >= 15 is 0 Å². The van der Waals surface area contributed by atoms with Gasteiger partial charge in [-0.15, -0.1) is 0 Å². The van der Waals surface area contributed by atoms with Crippen molar-refractivity contribution in [1.82, 2.24) is 9.38 Å². The quantitative estimate of drug-likeness (QED) is 0.742. The van der Waals surface area contributed by atoms with E-state index in [1.807, 2.05) is 18.2 Å². The lowest BCUT2D eigenvalue weighted by Gasteiger charge is -2.18. The SMILES string of the molecule is COC1CCN(c2ccn3cc(-c4ccccc4)nc3c2)C1. The highest BCUT2D eigenvalue weighted by Crippen LogP contribution is 2.25. The van der Waals surface area contributed by atoms with Gasteiger partial charge in [-0.05, 0) is 12.5 Å². The van der Waals surface area contributed by atoms with Crippen molar-refractivity contribution >= 4 is 11.3 Å². The fourth-order valence-electron chi connectivity index (χ4n) is 3.07. The van der Waals surface area contributed by atoms with Gasteiger partial charge in [0, 0.05) is 49.9 Å². The van der Waals surface area contributed by atoms with Crippen LogP contribution in [0.15, 0.2) is 54.9 Å². The summed E-state index contributed by atoms with van der Waals surface area (Å²) in [6.45, 7) is 2.00. The summed E-state index contributed by atoms with van der Waals surface area (Å²) >= 11 is 0. The summed E-state index contributed by atoms with van der Waals surface area (Å²) in [5, 5.41) is 0. The number of imidazole rings is 1. The highest BCUT2D eigenvalue weighted by molar-refractivity contribution is 5.65. The molecule has 0 saturated carbocycles. The maximum Gasteiger partial charge on any atom is 0.139 e. The van der Waals surface area contributed by atoms with Crippen LogP contribution in [0, 0.1) is 0 Å². The molecule has 4 nitrogen and oxygen atoms in total. The summed E-state index contributed by atoms with van der Waals surface area (Å²) in [6.07, 6.45) is 5.60. The average molecular weight is 293 g/mol. The lowest BCUT2D eigenvalue weighted by molar-refractivity contribution is 0.121. The molecule has 0 radical (unpaired) electrons. The van der Waals surface area contributed by atoms with Crippen LogP contribution in [0.2, 0.25) is 0 Å². The number of nitrogens with zero attached hydrogens (tertiary/aromatic N) is 3. The fraction of sp³-hybridized carbons (Fsp3) is 0.278. The molecule has 0 amide bonds. The van der Waals surface area contributed by atoms with Crippen molar-refractivity contribution in [2.24, 2.45) is 0 Å². The maximum absolute atomic E-state index is 5.45. The zero-order valence-electron chi connectivity index (χ0n) is 12.6. The van der Waals surface area contributed by atoms with Crippen molar-refractivity contribution in [3.05, 3.63) is 54.9 Å². The Balaban J connectivity index is 1.67. The Morgan fingerprint density at radius 1 is 1.18 bits per heavy atom. The molecule has 2 aromatic heterocycles. The van der Waals surface area contributed by atoms with Crippen LogP contribution in [-0.4, -0.2) is 35.7 Å². The lowest BCUT2D eigenvalue weighted by Crippen LogP contribution is -2.22. The van der Waals surface area contributed by atoms with E-state index in [1.54, 1.807) is 7.11 Å². The minimum atomic E-state index is 0.343. The zero-order valence-corrected chi connectivity index (χ0v) is 12.6. The molecule has 1 aromatic carbocycles. The van der Waals surface area contributed by atoms with Crippen molar-refractivity contribution in [3.8, 4) is 11.3 Å². The standard InChI is InChI=1S/C18H19N3O/c1-22-16-8-10-20(12-16)15-7-9-21-13-17(19-18(21)11-15)14-5-3-2-4-6-14/h2-7,9,11,13,16H,8,10,12H2,1H3. The molecule has 1 aliphatic rings. The number of ether oxygens (including phenoxy) is 1. The summed E-state index contributed by atoms with van der Waals surface area (Å²) in [7, 11) is 1.79. The van der Waals surface area contributed by atoms with Crippen molar-refractivity contribution < 1.29 is 4.74 Å². The van der Waals surface area contributed by atoms with Crippen molar-refractivity contribution in [3.63, 3.8) is 0 Å². The number of pyridine rings is 1. The van der Waals surface area contributed by atoms with Crippen molar-refractivity contribution in [1.29, 1.82) is 0 Å². The molecule has 0 aliphatic carbocycles. The second-order valence-electron chi connectivity index (χ2n) is 5.73. The molecule has 1 fully saturated rings. The molecule has 4 rings (SSSR count). The monoisotopic (exact) mass is 293 g/mol. The molecule has 112 valence electrons. The van der Waals surface area contributed by atoms with Crippen LogP contribution < -0.4 is 4.90 Å². The Bertz CT molecular complexity index is 781. The van der Waals surface area contributed by atoms with Gasteiger partial charge in [0.25, 0.3) is 0 Å². The van der Waals surface area contributed by atoms with E-state index in [0.717, 1.165) is 36.4 Å². The minimum absolute atomic E-state index is 0.343. The van der Waals surface area contributed by atoms with Gasteiger partial charge in [-0.2, -0.15) is 0 Å². The van der Waals surface area contributed by atoms with Gasteiger partial charge in [-0.25, -0.2) is 4.98 Å². The first-order valence-electron chi connectivity index (χ1n) is 7.65. The van der Waals surface area contributed by atoms with Gasteiger partial charge >= 0.3 is 0 Å². The van der Waals surface area contributed by atoms with E-state index in [9.17, 15) is 0 Å². The molecule has 0 N–H and O–H groups in total. The molecule has 0 bridgehead atoms. The molecule has 1 aliphatic heterocycles.